The van der Waals surface area contributed by atoms with E-state index in [9.17, 15) is 0 Å². The molecule has 0 saturated carbocycles. The molecule has 1 aliphatic heterocycles. The van der Waals surface area contributed by atoms with Crippen molar-refractivity contribution in [2.24, 2.45) is 5.92 Å². The summed E-state index contributed by atoms with van der Waals surface area (Å²) in [6.45, 7) is 6.79. The lowest BCUT2D eigenvalue weighted by molar-refractivity contribution is -0.699. The van der Waals surface area contributed by atoms with Crippen LogP contribution in [-0.2, 0) is 0 Å². The second kappa shape index (κ2) is 3.65. The van der Waals surface area contributed by atoms with Crippen molar-refractivity contribution in [3.8, 4) is 0 Å². The lowest BCUT2D eigenvalue weighted by atomic mass is 10.1. The van der Waals surface area contributed by atoms with Crippen molar-refractivity contribution >= 4 is 12.4 Å². The molecule has 1 rings (SSSR count). The van der Waals surface area contributed by atoms with Gasteiger partial charge in [-0.2, -0.15) is 9.15 Å². The van der Waals surface area contributed by atoms with Crippen LogP contribution in [0.4, 0.5) is 0 Å². The van der Waals surface area contributed by atoms with E-state index in [4.69, 9.17) is 0 Å². The summed E-state index contributed by atoms with van der Waals surface area (Å²) in [4.78, 5) is 0. The van der Waals surface area contributed by atoms with Crippen LogP contribution < -0.4 is 0 Å². The molecule has 0 atom stereocenters. The Morgan fingerprint density at radius 3 is 2.55 bits per heavy atom. The first-order valence-corrected chi connectivity index (χ1v) is 4.31. The van der Waals surface area contributed by atoms with E-state index >= 15 is 0 Å². The third-order valence-corrected chi connectivity index (χ3v) is 1.93. The van der Waals surface area contributed by atoms with Crippen molar-refractivity contribution < 1.29 is 9.15 Å². The van der Waals surface area contributed by atoms with E-state index in [1.165, 1.54) is 13.0 Å². The highest BCUT2D eigenvalue weighted by molar-refractivity contribution is 6.11. The van der Waals surface area contributed by atoms with E-state index in [0.717, 1.165) is 12.6 Å². The van der Waals surface area contributed by atoms with Crippen LogP contribution in [0.3, 0.4) is 0 Å². The smallest absolute Gasteiger partial charge is 0.176 e. The minimum absolute atomic E-state index is 0.814. The summed E-state index contributed by atoms with van der Waals surface area (Å²) in [5.74, 6) is 0.814. The van der Waals surface area contributed by atoms with Crippen LogP contribution in [0.5, 0.6) is 0 Å². The fourth-order valence-corrected chi connectivity index (χ4v) is 1.16. The van der Waals surface area contributed by atoms with E-state index in [2.05, 4.69) is 42.5 Å². The van der Waals surface area contributed by atoms with Crippen LogP contribution in [-0.4, -0.2) is 41.8 Å². The fourth-order valence-electron chi connectivity index (χ4n) is 1.16. The average molecular weight is 154 g/mol. The minimum Gasteiger partial charge on any atom is -0.176 e. The molecule has 1 heterocycles. The van der Waals surface area contributed by atoms with Gasteiger partial charge < -0.3 is 0 Å². The van der Waals surface area contributed by atoms with Crippen LogP contribution in [0.25, 0.3) is 0 Å². The Balaban J connectivity index is 2.21. The van der Waals surface area contributed by atoms with Crippen molar-refractivity contribution in [2.45, 2.75) is 20.3 Å². The minimum atomic E-state index is 0.814. The Morgan fingerprint density at radius 2 is 2.09 bits per heavy atom. The van der Waals surface area contributed by atoms with E-state index in [1.807, 2.05) is 0 Å². The van der Waals surface area contributed by atoms with Crippen LogP contribution in [0.15, 0.2) is 0 Å². The van der Waals surface area contributed by atoms with Crippen LogP contribution in [0, 0.1) is 5.92 Å². The maximum absolute atomic E-state index is 2.35. The van der Waals surface area contributed by atoms with Gasteiger partial charge in [-0.1, -0.05) is 13.8 Å². The molecule has 0 aliphatic carbocycles. The molecule has 0 amide bonds. The van der Waals surface area contributed by atoms with Gasteiger partial charge in [0.2, 0.25) is 12.4 Å². The Hall–Kier alpha value is -0.660. The molecule has 0 radical (unpaired) electrons. The zero-order chi connectivity index (χ0) is 8.27. The molecule has 0 bridgehead atoms. The predicted molar refractivity (Wildman–Crippen MR) is 47.8 cm³/mol. The highest BCUT2D eigenvalue weighted by Crippen LogP contribution is 1.98. The van der Waals surface area contributed by atoms with E-state index in [-0.39, 0.29) is 0 Å². The molecule has 1 aliphatic rings. The Morgan fingerprint density at radius 1 is 1.36 bits per heavy atom. The zero-order valence-electron chi connectivity index (χ0n) is 7.75. The summed E-state index contributed by atoms with van der Waals surface area (Å²) in [6, 6.07) is 0. The van der Waals surface area contributed by atoms with Crippen LogP contribution in [0.2, 0.25) is 0 Å². The molecule has 0 aromatic carbocycles. The molecule has 2 heteroatoms. The van der Waals surface area contributed by atoms with Gasteiger partial charge in [0.05, 0.1) is 0 Å². The van der Waals surface area contributed by atoms with Crippen molar-refractivity contribution in [2.75, 3.05) is 20.3 Å². The summed E-state index contributed by atoms with van der Waals surface area (Å²) in [5.41, 5.74) is 0. The number of hydrogen-bond donors (Lipinski definition) is 0. The van der Waals surface area contributed by atoms with Crippen molar-refractivity contribution in [3.63, 3.8) is 0 Å². The molecule has 0 spiro atoms. The van der Waals surface area contributed by atoms with Gasteiger partial charge in [0, 0.05) is 6.42 Å². The van der Waals surface area contributed by atoms with Crippen molar-refractivity contribution in [3.05, 3.63) is 0 Å². The molecular weight excluding hydrogens is 136 g/mol. The molecule has 62 valence electrons. The predicted octanol–water partition coefficient (Wildman–Crippen LogP) is 0.800. The molecule has 2 nitrogen and oxygen atoms in total. The number of nitrogens with zero attached hydrogens (tertiary/aromatic N) is 2. The van der Waals surface area contributed by atoms with Gasteiger partial charge in [-0.05, 0) is 5.92 Å². The third kappa shape index (κ3) is 2.83. The van der Waals surface area contributed by atoms with Crippen molar-refractivity contribution in [1.82, 2.24) is 0 Å². The van der Waals surface area contributed by atoms with Crippen LogP contribution in [0.1, 0.15) is 20.3 Å². The van der Waals surface area contributed by atoms with Crippen molar-refractivity contribution in [1.29, 1.82) is 0 Å². The summed E-state index contributed by atoms with van der Waals surface area (Å²) >= 11 is 0. The highest BCUT2D eigenvalue weighted by Gasteiger charge is 2.15. The van der Waals surface area contributed by atoms with Crippen LogP contribution >= 0.6 is 0 Å². The van der Waals surface area contributed by atoms with Gasteiger partial charge in [0.25, 0.3) is 0 Å². The summed E-state index contributed by atoms with van der Waals surface area (Å²) in [6.07, 6.45) is 5.58. The summed E-state index contributed by atoms with van der Waals surface area (Å²) in [7, 11) is 2.10. The van der Waals surface area contributed by atoms with Gasteiger partial charge in [-0.15, -0.1) is 0 Å². The first-order chi connectivity index (χ1) is 5.18. The maximum atomic E-state index is 2.35. The normalized spacial score (nSPS) is 17.1. The first-order valence-electron chi connectivity index (χ1n) is 4.31. The molecule has 0 saturated heterocycles. The van der Waals surface area contributed by atoms with Gasteiger partial charge in [0.1, 0.15) is 13.6 Å². The molecule has 0 unspecified atom stereocenters. The highest BCUT2D eigenvalue weighted by atomic mass is 15.2. The lowest BCUT2D eigenvalue weighted by Crippen LogP contribution is -2.18. The molecule has 11 heavy (non-hydrogen) atoms. The Labute approximate surface area is 68.9 Å². The SMILES string of the molecule is CC(C)CC[N+]1=CC=[N+](C)C1. The van der Waals surface area contributed by atoms with Gasteiger partial charge in [0.15, 0.2) is 0 Å². The number of rotatable bonds is 3. The monoisotopic (exact) mass is 154 g/mol. The molecule has 0 aromatic heterocycles. The average Bonchev–Trinajstić information content (AvgIpc) is 2.31. The molecular formula is C9H18N2+2. The largest absolute Gasteiger partial charge is 0.334 e. The van der Waals surface area contributed by atoms with E-state index in [0.29, 0.717) is 0 Å². The maximum Gasteiger partial charge on any atom is 0.334 e. The topological polar surface area (TPSA) is 6.02 Å². The second-order valence-electron chi connectivity index (χ2n) is 3.69. The quantitative estimate of drug-likeness (QED) is 0.530. The van der Waals surface area contributed by atoms with Gasteiger partial charge >= 0.3 is 6.67 Å². The fraction of sp³-hybridized carbons (Fsp3) is 0.778. The molecule has 0 aromatic rings. The first kappa shape index (κ1) is 8.44. The van der Waals surface area contributed by atoms with E-state index < -0.39 is 0 Å². The standard InChI is InChI=1S/C9H18N2/c1-9(2)4-5-11-7-6-10(3)8-11/h6-7,9H,4-5,8H2,1-3H3/q+2. The summed E-state index contributed by atoms with van der Waals surface area (Å²) < 4.78 is 4.54. The molecule has 0 fully saturated rings. The Kier molecular flexibility index (Phi) is 2.80. The third-order valence-electron chi connectivity index (χ3n) is 1.93. The van der Waals surface area contributed by atoms with E-state index in [1.54, 1.807) is 0 Å². The van der Waals surface area contributed by atoms with Gasteiger partial charge in [-0.25, -0.2) is 0 Å². The summed E-state index contributed by atoms with van der Waals surface area (Å²) in [5, 5.41) is 0. The molecule has 0 N–H and O–H groups in total. The van der Waals surface area contributed by atoms with Gasteiger partial charge in [-0.3, -0.25) is 0 Å². The second-order valence-corrected chi connectivity index (χ2v) is 3.69. The lowest BCUT2D eigenvalue weighted by Gasteiger charge is -1.99. The number of hydrogen-bond acceptors (Lipinski definition) is 0. The zero-order valence-corrected chi connectivity index (χ0v) is 7.75. The Bertz CT molecular complexity index is 190.